The van der Waals surface area contributed by atoms with E-state index in [9.17, 15) is 8.42 Å². The molecular weight excluding hydrogens is 236 g/mol. The van der Waals surface area contributed by atoms with E-state index < -0.39 is 9.84 Å². The molecule has 4 N–H and O–H groups in total. The van der Waals surface area contributed by atoms with E-state index in [-0.39, 0.29) is 15.5 Å². The molecular formula is C12H11N2O2S. The summed E-state index contributed by atoms with van der Waals surface area (Å²) >= 11 is 0. The van der Waals surface area contributed by atoms with Gasteiger partial charge in [-0.05, 0) is 30.3 Å². The van der Waals surface area contributed by atoms with E-state index in [1.54, 1.807) is 12.1 Å². The lowest BCUT2D eigenvalue weighted by molar-refractivity contribution is 0.596. The van der Waals surface area contributed by atoms with Crippen molar-refractivity contribution in [3.8, 4) is 0 Å². The van der Waals surface area contributed by atoms with Gasteiger partial charge in [-0.1, -0.05) is 12.1 Å². The second-order valence-electron chi connectivity index (χ2n) is 3.52. The average molecular weight is 247 g/mol. The van der Waals surface area contributed by atoms with Gasteiger partial charge in [-0.2, -0.15) is 0 Å². The van der Waals surface area contributed by atoms with Gasteiger partial charge in [0.05, 0.1) is 15.5 Å². The quantitative estimate of drug-likeness (QED) is 0.787. The van der Waals surface area contributed by atoms with Crippen molar-refractivity contribution in [1.82, 2.24) is 0 Å². The van der Waals surface area contributed by atoms with Crippen LogP contribution < -0.4 is 11.5 Å². The lowest BCUT2D eigenvalue weighted by Crippen LogP contribution is -2.05. The number of benzene rings is 2. The highest BCUT2D eigenvalue weighted by Crippen LogP contribution is 2.25. The summed E-state index contributed by atoms with van der Waals surface area (Å²) in [6, 6.07) is 13.3. The third kappa shape index (κ3) is 2.09. The lowest BCUT2D eigenvalue weighted by Gasteiger charge is -2.07. The molecule has 87 valence electrons. The molecule has 0 unspecified atom stereocenters. The first kappa shape index (κ1) is 11.5. The molecule has 17 heavy (non-hydrogen) atoms. The summed E-state index contributed by atoms with van der Waals surface area (Å²) in [6.45, 7) is 0. The third-order valence-corrected chi connectivity index (χ3v) is 4.16. The molecule has 0 aromatic heterocycles. The van der Waals surface area contributed by atoms with Gasteiger partial charge in [-0.25, -0.2) is 8.42 Å². The summed E-state index contributed by atoms with van der Waals surface area (Å²) in [5, 5.41) is 0. The van der Waals surface area contributed by atoms with Crippen molar-refractivity contribution in [1.29, 1.82) is 0 Å². The molecule has 0 heterocycles. The minimum Gasteiger partial charge on any atom is -0.399 e. The van der Waals surface area contributed by atoms with Crippen LogP contribution in [0.1, 0.15) is 0 Å². The van der Waals surface area contributed by atoms with Gasteiger partial charge in [0.1, 0.15) is 0 Å². The van der Waals surface area contributed by atoms with Crippen LogP contribution in [-0.4, -0.2) is 8.42 Å². The Morgan fingerprint density at radius 1 is 1.00 bits per heavy atom. The van der Waals surface area contributed by atoms with Crippen molar-refractivity contribution >= 4 is 21.2 Å². The van der Waals surface area contributed by atoms with Crippen LogP contribution in [0.15, 0.2) is 52.3 Å². The SMILES string of the molecule is Nc1ccc(S(=O)(=O)c2ccc[c]c2N)cc1. The van der Waals surface area contributed by atoms with Gasteiger partial charge in [-0.3, -0.25) is 0 Å². The van der Waals surface area contributed by atoms with Crippen molar-refractivity contribution in [3.63, 3.8) is 0 Å². The number of rotatable bonds is 2. The van der Waals surface area contributed by atoms with Crippen molar-refractivity contribution < 1.29 is 8.42 Å². The molecule has 2 rings (SSSR count). The largest absolute Gasteiger partial charge is 0.399 e. The molecule has 0 saturated heterocycles. The van der Waals surface area contributed by atoms with Crippen LogP contribution in [0.4, 0.5) is 11.4 Å². The summed E-state index contributed by atoms with van der Waals surface area (Å²) in [4.78, 5) is 0.225. The molecule has 1 radical (unpaired) electrons. The van der Waals surface area contributed by atoms with Gasteiger partial charge in [0, 0.05) is 11.8 Å². The van der Waals surface area contributed by atoms with Crippen LogP contribution >= 0.6 is 0 Å². The zero-order chi connectivity index (χ0) is 12.5. The molecule has 5 heteroatoms. The Morgan fingerprint density at radius 2 is 1.65 bits per heavy atom. The maximum atomic E-state index is 12.2. The number of nitrogen functional groups attached to an aromatic ring is 2. The van der Waals surface area contributed by atoms with Crippen LogP contribution in [0, 0.1) is 6.07 Å². The topological polar surface area (TPSA) is 86.2 Å². The molecule has 0 amide bonds. The van der Waals surface area contributed by atoms with Crippen molar-refractivity contribution in [2.24, 2.45) is 0 Å². The molecule has 0 fully saturated rings. The van der Waals surface area contributed by atoms with Gasteiger partial charge >= 0.3 is 0 Å². The summed E-state index contributed by atoms with van der Waals surface area (Å²) in [7, 11) is -3.60. The fourth-order valence-corrected chi connectivity index (χ4v) is 2.80. The van der Waals surface area contributed by atoms with Gasteiger partial charge in [0.15, 0.2) is 0 Å². The smallest absolute Gasteiger partial charge is 0.208 e. The highest BCUT2D eigenvalue weighted by Gasteiger charge is 2.19. The lowest BCUT2D eigenvalue weighted by atomic mass is 10.3. The maximum Gasteiger partial charge on any atom is 0.208 e. The van der Waals surface area contributed by atoms with Crippen molar-refractivity contribution in [2.75, 3.05) is 11.5 Å². The Labute approximate surface area is 99.8 Å². The van der Waals surface area contributed by atoms with E-state index in [0.717, 1.165) is 0 Å². The first-order valence-corrected chi connectivity index (χ1v) is 6.37. The predicted octanol–water partition coefficient (Wildman–Crippen LogP) is 1.48. The second-order valence-corrected chi connectivity index (χ2v) is 5.44. The van der Waals surface area contributed by atoms with Gasteiger partial charge in [0.25, 0.3) is 0 Å². The van der Waals surface area contributed by atoms with Crippen LogP contribution in [0.25, 0.3) is 0 Å². The number of anilines is 2. The fourth-order valence-electron chi connectivity index (χ4n) is 1.44. The highest BCUT2D eigenvalue weighted by atomic mass is 32.2. The van der Waals surface area contributed by atoms with Crippen molar-refractivity contribution in [2.45, 2.75) is 9.79 Å². The summed E-state index contributed by atoms with van der Waals surface area (Å²) in [5.41, 5.74) is 11.8. The Hall–Kier alpha value is -2.01. The fraction of sp³-hybridized carbons (Fsp3) is 0. The monoisotopic (exact) mass is 247 g/mol. The van der Waals surface area contributed by atoms with E-state index in [1.807, 2.05) is 0 Å². The zero-order valence-corrected chi connectivity index (χ0v) is 9.74. The predicted molar refractivity (Wildman–Crippen MR) is 66.0 cm³/mol. The Morgan fingerprint density at radius 3 is 2.24 bits per heavy atom. The van der Waals surface area contributed by atoms with E-state index in [2.05, 4.69) is 6.07 Å². The number of hydrogen-bond donors (Lipinski definition) is 2. The average Bonchev–Trinajstić information content (AvgIpc) is 2.30. The minimum absolute atomic E-state index is 0.0600. The Balaban J connectivity index is 2.58. The van der Waals surface area contributed by atoms with Gasteiger partial charge in [0.2, 0.25) is 9.84 Å². The first-order valence-electron chi connectivity index (χ1n) is 4.88. The standard InChI is InChI=1S/C12H11N2O2S/c13-9-5-7-10(8-6-9)17(15,16)12-4-2-1-3-11(12)14/h1-2,4-8H,13-14H2. The molecule has 4 nitrogen and oxygen atoms in total. The second kappa shape index (κ2) is 4.10. The summed E-state index contributed by atoms with van der Waals surface area (Å²) < 4.78 is 24.5. The molecule has 0 spiro atoms. The first-order chi connectivity index (χ1) is 8.01. The normalized spacial score (nSPS) is 11.3. The highest BCUT2D eigenvalue weighted by molar-refractivity contribution is 7.91. The van der Waals surface area contributed by atoms with Crippen LogP contribution in [0.2, 0.25) is 0 Å². The van der Waals surface area contributed by atoms with Crippen LogP contribution in [-0.2, 0) is 9.84 Å². The van der Waals surface area contributed by atoms with E-state index in [4.69, 9.17) is 11.5 Å². The summed E-state index contributed by atoms with van der Waals surface area (Å²) in [5.74, 6) is 0. The van der Waals surface area contributed by atoms with Gasteiger partial charge < -0.3 is 11.5 Å². The van der Waals surface area contributed by atoms with Gasteiger partial charge in [-0.15, -0.1) is 0 Å². The Bertz CT molecular complexity index is 634. The molecule has 2 aromatic rings. The zero-order valence-electron chi connectivity index (χ0n) is 8.92. The van der Waals surface area contributed by atoms with E-state index >= 15 is 0 Å². The third-order valence-electron chi connectivity index (χ3n) is 2.33. The van der Waals surface area contributed by atoms with E-state index in [1.165, 1.54) is 30.3 Å². The number of sulfone groups is 1. The maximum absolute atomic E-state index is 12.2. The molecule has 0 aliphatic rings. The molecule has 0 bridgehead atoms. The molecule has 0 aliphatic heterocycles. The van der Waals surface area contributed by atoms with Crippen LogP contribution in [0.5, 0.6) is 0 Å². The number of nitrogens with two attached hydrogens (primary N) is 2. The molecule has 0 aliphatic carbocycles. The summed E-state index contributed by atoms with van der Waals surface area (Å²) in [6.07, 6.45) is 0. The minimum atomic E-state index is -3.60. The number of para-hydroxylation sites is 1. The van der Waals surface area contributed by atoms with Crippen molar-refractivity contribution in [3.05, 3.63) is 48.5 Å². The number of hydrogen-bond acceptors (Lipinski definition) is 4. The molecule has 0 atom stereocenters. The van der Waals surface area contributed by atoms with E-state index in [0.29, 0.717) is 5.69 Å². The molecule has 2 aromatic carbocycles. The molecule has 0 saturated carbocycles. The van der Waals surface area contributed by atoms with Crippen LogP contribution in [0.3, 0.4) is 0 Å². The Kier molecular flexibility index (Phi) is 2.77.